The van der Waals surface area contributed by atoms with E-state index in [2.05, 4.69) is 20.6 Å². The maximum absolute atomic E-state index is 12.6. The summed E-state index contributed by atoms with van der Waals surface area (Å²) in [5, 5.41) is 4.94. The van der Waals surface area contributed by atoms with E-state index < -0.39 is 23.7 Å². The molecule has 0 aliphatic rings. The van der Waals surface area contributed by atoms with Gasteiger partial charge in [-0.25, -0.2) is 9.97 Å². The Hall–Kier alpha value is -2.62. The maximum atomic E-state index is 12.6. The summed E-state index contributed by atoms with van der Waals surface area (Å²) in [5.41, 5.74) is 0.565. The first-order valence-electron chi connectivity index (χ1n) is 7.97. The minimum Gasteiger partial charge on any atom is -0.346 e. The third-order valence-corrected chi connectivity index (χ3v) is 4.24. The Morgan fingerprint density at radius 2 is 1.89 bits per heavy atom. The highest BCUT2D eigenvalue weighted by molar-refractivity contribution is 7.99. The number of nitrogens with zero attached hydrogens (tertiary/aromatic N) is 2. The number of rotatable bonds is 7. The molecule has 0 atom stereocenters. The number of hydrogen-bond acceptors (Lipinski definition) is 5. The standard InChI is InChI=1S/C17H17F3N4O2S/c1-2-11-5-3-4-6-12(11)23-14(25)9-22-15(26)10-27-16-21-8-7-13(24-16)17(18,19)20/h3-8H,2,9-10H2,1H3,(H,22,26)(H,23,25). The largest absolute Gasteiger partial charge is 0.433 e. The summed E-state index contributed by atoms with van der Waals surface area (Å²) < 4.78 is 37.8. The predicted molar refractivity (Wildman–Crippen MR) is 95.2 cm³/mol. The summed E-state index contributed by atoms with van der Waals surface area (Å²) in [7, 11) is 0. The molecule has 144 valence electrons. The number of hydrogen-bond donors (Lipinski definition) is 2. The second-order valence-electron chi connectivity index (χ2n) is 5.35. The van der Waals surface area contributed by atoms with Gasteiger partial charge < -0.3 is 10.6 Å². The fraction of sp³-hybridized carbons (Fsp3) is 0.294. The molecule has 0 fully saturated rings. The number of aromatic nitrogens is 2. The minimum absolute atomic E-state index is 0.165. The number of amides is 2. The van der Waals surface area contributed by atoms with Crippen LogP contribution in [0.2, 0.25) is 0 Å². The van der Waals surface area contributed by atoms with Crippen molar-refractivity contribution >= 4 is 29.3 Å². The van der Waals surface area contributed by atoms with Crippen LogP contribution in [0.4, 0.5) is 18.9 Å². The van der Waals surface area contributed by atoms with Crippen molar-refractivity contribution in [1.82, 2.24) is 15.3 Å². The third-order valence-electron chi connectivity index (χ3n) is 3.37. The van der Waals surface area contributed by atoms with Crippen molar-refractivity contribution in [2.45, 2.75) is 24.7 Å². The van der Waals surface area contributed by atoms with Crippen LogP contribution in [0, 0.1) is 0 Å². The summed E-state index contributed by atoms with van der Waals surface area (Å²) in [5.74, 6) is -1.12. The third kappa shape index (κ3) is 6.55. The van der Waals surface area contributed by atoms with E-state index in [4.69, 9.17) is 0 Å². The molecule has 0 saturated heterocycles. The van der Waals surface area contributed by atoms with Gasteiger partial charge in [0.15, 0.2) is 5.16 Å². The normalized spacial score (nSPS) is 11.1. The first kappa shape index (κ1) is 20.7. The summed E-state index contributed by atoms with van der Waals surface area (Å²) in [4.78, 5) is 30.8. The molecule has 1 aromatic heterocycles. The Morgan fingerprint density at radius 1 is 1.15 bits per heavy atom. The highest BCUT2D eigenvalue weighted by Gasteiger charge is 2.32. The Balaban J connectivity index is 1.80. The summed E-state index contributed by atoms with van der Waals surface area (Å²) in [6.45, 7) is 1.71. The van der Waals surface area contributed by atoms with Crippen LogP contribution < -0.4 is 10.6 Å². The van der Waals surface area contributed by atoms with E-state index in [0.29, 0.717) is 5.69 Å². The molecule has 1 aromatic carbocycles. The number of nitrogens with one attached hydrogen (secondary N) is 2. The van der Waals surface area contributed by atoms with Crippen LogP contribution in [-0.4, -0.2) is 34.1 Å². The maximum Gasteiger partial charge on any atom is 0.433 e. The van der Waals surface area contributed by atoms with E-state index in [1.165, 1.54) is 0 Å². The topological polar surface area (TPSA) is 84.0 Å². The van der Waals surface area contributed by atoms with Gasteiger partial charge in [-0.05, 0) is 24.1 Å². The van der Waals surface area contributed by atoms with Crippen LogP contribution in [0.3, 0.4) is 0 Å². The van der Waals surface area contributed by atoms with Gasteiger partial charge in [0.05, 0.1) is 12.3 Å². The molecule has 6 nitrogen and oxygen atoms in total. The monoisotopic (exact) mass is 398 g/mol. The molecule has 1 heterocycles. The number of thioether (sulfide) groups is 1. The molecular weight excluding hydrogens is 381 g/mol. The SMILES string of the molecule is CCc1ccccc1NC(=O)CNC(=O)CSc1nccc(C(F)(F)F)n1. The summed E-state index contributed by atoms with van der Waals surface area (Å²) in [6.07, 6.45) is -2.85. The molecule has 0 radical (unpaired) electrons. The molecule has 2 aromatic rings. The number of para-hydroxylation sites is 1. The first-order chi connectivity index (χ1) is 12.8. The molecule has 0 aliphatic carbocycles. The molecular formula is C17H17F3N4O2S. The van der Waals surface area contributed by atoms with Crippen molar-refractivity contribution < 1.29 is 22.8 Å². The van der Waals surface area contributed by atoms with Crippen molar-refractivity contribution in [3.8, 4) is 0 Å². The quantitative estimate of drug-likeness (QED) is 0.554. The zero-order chi connectivity index (χ0) is 19.9. The average molecular weight is 398 g/mol. The number of carbonyl (C=O) groups is 2. The van der Waals surface area contributed by atoms with E-state index in [9.17, 15) is 22.8 Å². The molecule has 2 amide bonds. The Bertz CT molecular complexity index is 815. The summed E-state index contributed by atoms with van der Waals surface area (Å²) in [6, 6.07) is 8.06. The van der Waals surface area contributed by atoms with Crippen LogP contribution in [-0.2, 0) is 22.2 Å². The van der Waals surface area contributed by atoms with Gasteiger partial charge in [0.1, 0.15) is 5.69 Å². The van der Waals surface area contributed by atoms with Crippen LogP contribution in [0.25, 0.3) is 0 Å². The highest BCUT2D eigenvalue weighted by Crippen LogP contribution is 2.28. The van der Waals surface area contributed by atoms with Crippen molar-refractivity contribution in [2.24, 2.45) is 0 Å². The molecule has 0 unspecified atom stereocenters. The van der Waals surface area contributed by atoms with Crippen molar-refractivity contribution in [1.29, 1.82) is 0 Å². The number of benzene rings is 1. The van der Waals surface area contributed by atoms with E-state index in [0.717, 1.165) is 36.0 Å². The fourth-order valence-corrected chi connectivity index (χ4v) is 2.73. The zero-order valence-corrected chi connectivity index (χ0v) is 15.2. The molecule has 0 spiro atoms. The van der Waals surface area contributed by atoms with Crippen LogP contribution >= 0.6 is 11.8 Å². The molecule has 2 N–H and O–H groups in total. The lowest BCUT2D eigenvalue weighted by Gasteiger charge is -2.10. The van der Waals surface area contributed by atoms with Gasteiger partial charge in [0.25, 0.3) is 0 Å². The van der Waals surface area contributed by atoms with Gasteiger partial charge in [-0.1, -0.05) is 36.9 Å². The number of alkyl halides is 3. The van der Waals surface area contributed by atoms with E-state index >= 15 is 0 Å². The molecule has 0 aliphatic heterocycles. The second kappa shape index (κ2) is 9.36. The van der Waals surface area contributed by atoms with Crippen molar-refractivity contribution in [3.63, 3.8) is 0 Å². The zero-order valence-electron chi connectivity index (χ0n) is 14.3. The van der Waals surface area contributed by atoms with Gasteiger partial charge in [-0.3, -0.25) is 9.59 Å². The number of aryl methyl sites for hydroxylation is 1. The van der Waals surface area contributed by atoms with Gasteiger partial charge in [0, 0.05) is 11.9 Å². The van der Waals surface area contributed by atoms with E-state index in [1.807, 2.05) is 19.1 Å². The lowest BCUT2D eigenvalue weighted by molar-refractivity contribution is -0.141. The lowest BCUT2D eigenvalue weighted by atomic mass is 10.1. The second-order valence-corrected chi connectivity index (χ2v) is 6.29. The van der Waals surface area contributed by atoms with Gasteiger partial charge in [-0.2, -0.15) is 13.2 Å². The van der Waals surface area contributed by atoms with Crippen molar-refractivity contribution in [2.75, 3.05) is 17.6 Å². The van der Waals surface area contributed by atoms with Crippen molar-refractivity contribution in [3.05, 3.63) is 47.8 Å². The molecule has 27 heavy (non-hydrogen) atoms. The number of carbonyl (C=O) groups excluding carboxylic acids is 2. The molecule has 0 saturated carbocycles. The Kier molecular flexibility index (Phi) is 7.17. The lowest BCUT2D eigenvalue weighted by Crippen LogP contribution is -2.34. The Labute approximate surface area is 158 Å². The van der Waals surface area contributed by atoms with Gasteiger partial charge in [0.2, 0.25) is 11.8 Å². The van der Waals surface area contributed by atoms with E-state index in [1.54, 1.807) is 12.1 Å². The highest BCUT2D eigenvalue weighted by atomic mass is 32.2. The molecule has 10 heteroatoms. The van der Waals surface area contributed by atoms with Crippen LogP contribution in [0.5, 0.6) is 0 Å². The average Bonchev–Trinajstić information content (AvgIpc) is 2.64. The predicted octanol–water partition coefficient (Wildman–Crippen LogP) is 2.90. The molecule has 2 rings (SSSR count). The number of halogens is 3. The van der Waals surface area contributed by atoms with Gasteiger partial charge in [-0.15, -0.1) is 0 Å². The number of anilines is 1. The smallest absolute Gasteiger partial charge is 0.346 e. The minimum atomic E-state index is -4.58. The first-order valence-corrected chi connectivity index (χ1v) is 8.95. The molecule has 0 bridgehead atoms. The van der Waals surface area contributed by atoms with Gasteiger partial charge >= 0.3 is 6.18 Å². The van der Waals surface area contributed by atoms with Crippen LogP contribution in [0.15, 0.2) is 41.7 Å². The summed E-state index contributed by atoms with van der Waals surface area (Å²) >= 11 is 0.755. The fourth-order valence-electron chi connectivity index (χ4n) is 2.07. The Morgan fingerprint density at radius 3 is 2.59 bits per heavy atom. The van der Waals surface area contributed by atoms with E-state index in [-0.39, 0.29) is 17.5 Å². The van der Waals surface area contributed by atoms with Crippen LogP contribution in [0.1, 0.15) is 18.2 Å².